The lowest BCUT2D eigenvalue weighted by Crippen LogP contribution is -2.37. The first-order chi connectivity index (χ1) is 8.00. The maximum absolute atomic E-state index is 14.4. The highest BCUT2D eigenvalue weighted by Gasteiger charge is 2.35. The maximum atomic E-state index is 14.4. The van der Waals surface area contributed by atoms with E-state index in [2.05, 4.69) is 0 Å². The van der Waals surface area contributed by atoms with Crippen LogP contribution in [0.15, 0.2) is 18.2 Å². The summed E-state index contributed by atoms with van der Waals surface area (Å²) in [7, 11) is 0. The summed E-state index contributed by atoms with van der Waals surface area (Å²) in [5.41, 5.74) is 4.03. The van der Waals surface area contributed by atoms with Gasteiger partial charge in [0.05, 0.1) is 0 Å². The Bertz CT molecular complexity index is 377. The van der Waals surface area contributed by atoms with E-state index >= 15 is 0 Å². The average Bonchev–Trinajstić information content (AvgIpc) is 2.29. The Morgan fingerprint density at radius 2 is 1.71 bits per heavy atom. The Morgan fingerprint density at radius 3 is 2.24 bits per heavy atom. The van der Waals surface area contributed by atoms with Gasteiger partial charge in [0.2, 0.25) is 0 Å². The van der Waals surface area contributed by atoms with Crippen molar-refractivity contribution in [1.82, 2.24) is 0 Å². The Kier molecular flexibility index (Phi) is 3.43. The number of rotatable bonds is 2. The fraction of sp³-hybridized carbons (Fsp3) is 0.538. The van der Waals surface area contributed by atoms with Gasteiger partial charge in [-0.1, -0.05) is 6.07 Å². The second kappa shape index (κ2) is 4.69. The molecule has 1 aromatic rings. The molecule has 1 aliphatic carbocycles. The van der Waals surface area contributed by atoms with Crippen LogP contribution in [0.2, 0.25) is 0 Å². The number of hydrogen-bond donors (Lipinski definition) is 1. The largest absolute Gasteiger partial charge is 0.328 e. The summed E-state index contributed by atoms with van der Waals surface area (Å²) >= 11 is 0. The van der Waals surface area contributed by atoms with Gasteiger partial charge in [-0.3, -0.25) is 0 Å². The molecule has 1 nitrogen and oxygen atoms in total. The number of nitrogens with two attached hydrogens (primary N) is 1. The topological polar surface area (TPSA) is 26.0 Å². The van der Waals surface area contributed by atoms with Crippen molar-refractivity contribution in [2.45, 2.75) is 43.8 Å². The molecule has 0 unspecified atom stereocenters. The van der Waals surface area contributed by atoms with Gasteiger partial charge >= 0.3 is 0 Å². The third kappa shape index (κ3) is 2.80. The summed E-state index contributed by atoms with van der Waals surface area (Å²) < 4.78 is 41.2. The molecule has 1 saturated carbocycles. The minimum Gasteiger partial charge on any atom is -0.328 e. The fourth-order valence-corrected chi connectivity index (χ4v) is 2.35. The zero-order chi connectivity index (χ0) is 12.5. The molecule has 0 spiro atoms. The molecule has 0 saturated heterocycles. The molecule has 0 amide bonds. The van der Waals surface area contributed by atoms with Crippen molar-refractivity contribution in [2.24, 2.45) is 5.73 Å². The third-order valence-corrected chi connectivity index (χ3v) is 3.48. The highest BCUT2D eigenvalue weighted by atomic mass is 19.1. The van der Waals surface area contributed by atoms with Gasteiger partial charge in [0, 0.05) is 18.0 Å². The number of benzene rings is 1. The molecule has 17 heavy (non-hydrogen) atoms. The Hall–Kier alpha value is -1.03. The van der Waals surface area contributed by atoms with Crippen molar-refractivity contribution < 1.29 is 13.2 Å². The predicted octanol–water partition coefficient (Wildman–Crippen LogP) is 3.12. The van der Waals surface area contributed by atoms with Crippen LogP contribution in [-0.2, 0) is 6.42 Å². The molecule has 0 bridgehead atoms. The van der Waals surface area contributed by atoms with E-state index in [1.54, 1.807) is 0 Å². The lowest BCUT2D eigenvalue weighted by molar-refractivity contribution is 0.0973. The molecule has 1 fully saturated rings. The van der Waals surface area contributed by atoms with Gasteiger partial charge < -0.3 is 5.73 Å². The Morgan fingerprint density at radius 1 is 1.18 bits per heavy atom. The van der Waals surface area contributed by atoms with Crippen LogP contribution in [0, 0.1) is 11.6 Å². The van der Waals surface area contributed by atoms with Crippen LogP contribution in [0.25, 0.3) is 0 Å². The predicted molar refractivity (Wildman–Crippen MR) is 60.3 cm³/mol. The van der Waals surface area contributed by atoms with Crippen LogP contribution in [0.5, 0.6) is 0 Å². The van der Waals surface area contributed by atoms with Crippen LogP contribution < -0.4 is 5.73 Å². The molecule has 0 radical (unpaired) electrons. The first kappa shape index (κ1) is 12.4. The summed E-state index contributed by atoms with van der Waals surface area (Å²) in [4.78, 5) is 0. The quantitative estimate of drug-likeness (QED) is 0.848. The van der Waals surface area contributed by atoms with E-state index in [1.807, 2.05) is 0 Å². The maximum Gasteiger partial charge on any atom is 0.129 e. The first-order valence-corrected chi connectivity index (χ1v) is 5.88. The van der Waals surface area contributed by atoms with Crippen LogP contribution in [-0.4, -0.2) is 11.7 Å². The molecular formula is C13H16F3N. The van der Waals surface area contributed by atoms with E-state index in [0.29, 0.717) is 12.8 Å². The minimum atomic E-state index is -1.51. The van der Waals surface area contributed by atoms with Crippen molar-refractivity contribution in [2.75, 3.05) is 0 Å². The van der Waals surface area contributed by atoms with Gasteiger partial charge in [-0.2, -0.15) is 0 Å². The van der Waals surface area contributed by atoms with Gasteiger partial charge in [0.1, 0.15) is 17.3 Å². The fourth-order valence-electron chi connectivity index (χ4n) is 2.35. The lowest BCUT2D eigenvalue weighted by atomic mass is 9.80. The standard InChI is InChI=1S/C13H16F3N/c14-11-2-1-3-12(15)10(11)8-13(16)6-4-9(17)5-7-13/h1-3,9H,4-8,17H2. The molecule has 0 aliphatic heterocycles. The van der Waals surface area contributed by atoms with Gasteiger partial charge in [-0.25, -0.2) is 13.2 Å². The summed E-state index contributed by atoms with van der Waals surface area (Å²) in [5, 5.41) is 0. The average molecular weight is 243 g/mol. The summed E-state index contributed by atoms with van der Waals surface area (Å²) in [6, 6.07) is 3.63. The summed E-state index contributed by atoms with van der Waals surface area (Å²) in [5.74, 6) is -1.34. The van der Waals surface area contributed by atoms with E-state index in [1.165, 1.54) is 6.07 Å². The SMILES string of the molecule is NC1CCC(F)(Cc2c(F)cccc2F)CC1. The molecule has 94 valence electrons. The van der Waals surface area contributed by atoms with E-state index in [4.69, 9.17) is 5.73 Å². The van der Waals surface area contributed by atoms with Gasteiger partial charge in [0.25, 0.3) is 0 Å². The molecule has 1 aliphatic rings. The first-order valence-electron chi connectivity index (χ1n) is 5.88. The molecule has 2 N–H and O–H groups in total. The summed E-state index contributed by atoms with van der Waals surface area (Å²) in [6.07, 6.45) is 1.52. The minimum absolute atomic E-state index is 0.0179. The van der Waals surface area contributed by atoms with Crippen molar-refractivity contribution in [3.8, 4) is 0 Å². The summed E-state index contributed by atoms with van der Waals surface area (Å²) in [6.45, 7) is 0. The molecule has 2 rings (SSSR count). The van der Waals surface area contributed by atoms with E-state index in [-0.39, 0.29) is 30.9 Å². The normalized spacial score (nSPS) is 29.3. The molecule has 1 aromatic carbocycles. The highest BCUT2D eigenvalue weighted by molar-refractivity contribution is 5.22. The van der Waals surface area contributed by atoms with Crippen molar-refractivity contribution in [1.29, 1.82) is 0 Å². The second-order valence-electron chi connectivity index (χ2n) is 4.87. The van der Waals surface area contributed by atoms with Gasteiger partial charge in [0.15, 0.2) is 0 Å². The van der Waals surface area contributed by atoms with Crippen molar-refractivity contribution >= 4 is 0 Å². The van der Waals surface area contributed by atoms with E-state index < -0.39 is 17.3 Å². The van der Waals surface area contributed by atoms with E-state index in [9.17, 15) is 13.2 Å². The number of halogens is 3. The number of hydrogen-bond acceptors (Lipinski definition) is 1. The Balaban J connectivity index is 2.15. The molecular weight excluding hydrogens is 227 g/mol. The van der Waals surface area contributed by atoms with Crippen molar-refractivity contribution in [3.05, 3.63) is 35.4 Å². The third-order valence-electron chi connectivity index (χ3n) is 3.48. The van der Waals surface area contributed by atoms with Crippen LogP contribution in [0.4, 0.5) is 13.2 Å². The zero-order valence-electron chi connectivity index (χ0n) is 9.56. The van der Waals surface area contributed by atoms with Crippen LogP contribution in [0.1, 0.15) is 31.2 Å². The second-order valence-corrected chi connectivity index (χ2v) is 4.87. The molecule has 4 heteroatoms. The Labute approximate surface area is 98.8 Å². The zero-order valence-corrected chi connectivity index (χ0v) is 9.56. The van der Waals surface area contributed by atoms with Gasteiger partial charge in [-0.05, 0) is 37.8 Å². The van der Waals surface area contributed by atoms with Crippen LogP contribution in [0.3, 0.4) is 0 Å². The van der Waals surface area contributed by atoms with Gasteiger partial charge in [-0.15, -0.1) is 0 Å². The smallest absolute Gasteiger partial charge is 0.129 e. The molecule has 0 atom stereocenters. The molecule has 0 aromatic heterocycles. The van der Waals surface area contributed by atoms with Crippen LogP contribution >= 0.6 is 0 Å². The monoisotopic (exact) mass is 243 g/mol. The van der Waals surface area contributed by atoms with Crippen molar-refractivity contribution in [3.63, 3.8) is 0 Å². The lowest BCUT2D eigenvalue weighted by Gasteiger charge is -2.32. The number of alkyl halides is 1. The van der Waals surface area contributed by atoms with E-state index in [0.717, 1.165) is 12.1 Å². The molecule has 0 heterocycles. The highest BCUT2D eigenvalue weighted by Crippen LogP contribution is 2.35.